The second-order valence-electron chi connectivity index (χ2n) is 5.21. The van der Waals surface area contributed by atoms with Gasteiger partial charge in [0.05, 0.1) is 12.2 Å². The molecule has 2 unspecified atom stereocenters. The van der Waals surface area contributed by atoms with Gasteiger partial charge in [-0.1, -0.05) is 27.7 Å². The third-order valence-electron chi connectivity index (χ3n) is 3.79. The molecular formula is C13H26O2. The van der Waals surface area contributed by atoms with Crippen LogP contribution in [0.5, 0.6) is 0 Å². The lowest BCUT2D eigenvalue weighted by molar-refractivity contribution is -0.259. The van der Waals surface area contributed by atoms with Crippen molar-refractivity contribution in [2.24, 2.45) is 17.8 Å². The van der Waals surface area contributed by atoms with E-state index in [1.165, 1.54) is 0 Å². The van der Waals surface area contributed by atoms with E-state index in [1.807, 2.05) is 0 Å². The highest BCUT2D eigenvalue weighted by molar-refractivity contribution is 4.82. The molecule has 2 heteroatoms. The average Bonchev–Trinajstić information content (AvgIpc) is 2.18. The van der Waals surface area contributed by atoms with Crippen molar-refractivity contribution in [2.45, 2.75) is 66.5 Å². The van der Waals surface area contributed by atoms with E-state index in [4.69, 9.17) is 9.47 Å². The number of rotatable bonds is 3. The van der Waals surface area contributed by atoms with E-state index in [1.54, 1.807) is 0 Å². The predicted molar refractivity (Wildman–Crippen MR) is 62.7 cm³/mol. The van der Waals surface area contributed by atoms with Gasteiger partial charge < -0.3 is 9.47 Å². The number of hydrogen-bond acceptors (Lipinski definition) is 2. The van der Waals surface area contributed by atoms with E-state index in [-0.39, 0.29) is 12.4 Å². The van der Waals surface area contributed by atoms with E-state index in [0.717, 1.165) is 6.42 Å². The summed E-state index contributed by atoms with van der Waals surface area (Å²) in [6.07, 6.45) is 1.67. The molecule has 1 heterocycles. The molecule has 0 aromatic rings. The minimum absolute atomic E-state index is 0.0128. The average molecular weight is 214 g/mol. The van der Waals surface area contributed by atoms with Crippen LogP contribution in [0.25, 0.3) is 0 Å². The Labute approximate surface area is 94.3 Å². The van der Waals surface area contributed by atoms with Crippen LogP contribution < -0.4 is 0 Å². The Morgan fingerprint density at radius 1 is 1.07 bits per heavy atom. The lowest BCUT2D eigenvalue weighted by atomic mass is 9.78. The largest absolute Gasteiger partial charge is 0.350 e. The first-order valence-electron chi connectivity index (χ1n) is 6.28. The van der Waals surface area contributed by atoms with Crippen molar-refractivity contribution in [1.82, 2.24) is 0 Å². The van der Waals surface area contributed by atoms with Crippen LogP contribution in [0.1, 0.15) is 48.0 Å². The zero-order chi connectivity index (χ0) is 11.6. The smallest absolute Gasteiger partial charge is 0.161 e. The normalized spacial score (nSPS) is 42.2. The zero-order valence-electron chi connectivity index (χ0n) is 11.0. The van der Waals surface area contributed by atoms with E-state index >= 15 is 0 Å². The lowest BCUT2D eigenvalue weighted by Crippen LogP contribution is -2.46. The molecule has 0 aromatic heterocycles. The minimum atomic E-state index is -0.0128. The van der Waals surface area contributed by atoms with Crippen LogP contribution in [-0.4, -0.2) is 18.5 Å². The molecule has 90 valence electrons. The Kier molecular flexibility index (Phi) is 4.60. The summed E-state index contributed by atoms with van der Waals surface area (Å²) in [4.78, 5) is 0. The van der Waals surface area contributed by atoms with Crippen molar-refractivity contribution >= 4 is 0 Å². The van der Waals surface area contributed by atoms with Gasteiger partial charge in [-0.15, -0.1) is 0 Å². The van der Waals surface area contributed by atoms with E-state index in [2.05, 4.69) is 41.5 Å². The lowest BCUT2D eigenvalue weighted by Gasteiger charge is -2.43. The summed E-state index contributed by atoms with van der Waals surface area (Å²) in [5, 5.41) is 0. The highest BCUT2D eigenvalue weighted by atomic mass is 16.7. The van der Waals surface area contributed by atoms with Gasteiger partial charge in [0.25, 0.3) is 0 Å². The van der Waals surface area contributed by atoms with E-state index in [0.29, 0.717) is 23.9 Å². The Morgan fingerprint density at radius 2 is 1.67 bits per heavy atom. The molecule has 0 spiro atoms. The maximum atomic E-state index is 6.02. The molecule has 0 aromatic carbocycles. The summed E-state index contributed by atoms with van der Waals surface area (Å²) >= 11 is 0. The van der Waals surface area contributed by atoms with Gasteiger partial charge in [-0.05, 0) is 32.1 Å². The van der Waals surface area contributed by atoms with Crippen LogP contribution in [0.3, 0.4) is 0 Å². The van der Waals surface area contributed by atoms with Crippen LogP contribution in [0.15, 0.2) is 0 Å². The Bertz CT molecular complexity index is 189. The molecule has 1 saturated heterocycles. The molecule has 5 atom stereocenters. The highest BCUT2D eigenvalue weighted by Crippen LogP contribution is 2.36. The van der Waals surface area contributed by atoms with Crippen LogP contribution in [0.4, 0.5) is 0 Å². The number of hydrogen-bond donors (Lipinski definition) is 0. The molecule has 1 aliphatic heterocycles. The zero-order valence-corrected chi connectivity index (χ0v) is 11.0. The first kappa shape index (κ1) is 13.0. The fourth-order valence-electron chi connectivity index (χ4n) is 2.38. The summed E-state index contributed by atoms with van der Waals surface area (Å²) in [7, 11) is 0. The standard InChI is InChI=1S/C13H26O2/c1-7-12-10(5)9(4)11(6)13(15-12)14-8(2)3/h8-13H,7H2,1-6H3/t9-,10-,11?,12?,13+/m0/s1. The van der Waals surface area contributed by atoms with Gasteiger partial charge in [0.1, 0.15) is 0 Å². The molecule has 0 saturated carbocycles. The Morgan fingerprint density at radius 3 is 2.13 bits per heavy atom. The second kappa shape index (κ2) is 5.31. The molecule has 0 amide bonds. The van der Waals surface area contributed by atoms with Crippen molar-refractivity contribution < 1.29 is 9.47 Å². The maximum Gasteiger partial charge on any atom is 0.161 e. The van der Waals surface area contributed by atoms with Crippen LogP contribution >= 0.6 is 0 Å². The van der Waals surface area contributed by atoms with Crippen molar-refractivity contribution in [2.75, 3.05) is 0 Å². The van der Waals surface area contributed by atoms with Crippen molar-refractivity contribution in [3.8, 4) is 0 Å². The quantitative estimate of drug-likeness (QED) is 0.716. The SMILES string of the molecule is CCC1O[C@@H](OC(C)C)C(C)[C@@H](C)[C@@H]1C. The van der Waals surface area contributed by atoms with Crippen LogP contribution in [-0.2, 0) is 9.47 Å². The van der Waals surface area contributed by atoms with Gasteiger partial charge in [0, 0.05) is 5.92 Å². The summed E-state index contributed by atoms with van der Waals surface area (Å²) < 4.78 is 11.9. The van der Waals surface area contributed by atoms with Crippen molar-refractivity contribution in [3.63, 3.8) is 0 Å². The van der Waals surface area contributed by atoms with Gasteiger partial charge in [-0.2, -0.15) is 0 Å². The minimum Gasteiger partial charge on any atom is -0.350 e. The molecule has 1 rings (SSSR count). The highest BCUT2D eigenvalue weighted by Gasteiger charge is 2.38. The van der Waals surface area contributed by atoms with Crippen molar-refractivity contribution in [1.29, 1.82) is 0 Å². The fourth-order valence-corrected chi connectivity index (χ4v) is 2.38. The molecule has 1 fully saturated rings. The first-order chi connectivity index (χ1) is 6.97. The molecule has 15 heavy (non-hydrogen) atoms. The number of ether oxygens (including phenoxy) is 2. The maximum absolute atomic E-state index is 6.02. The van der Waals surface area contributed by atoms with Gasteiger partial charge in [0.15, 0.2) is 6.29 Å². The third kappa shape index (κ3) is 2.94. The Balaban J connectivity index is 2.65. The van der Waals surface area contributed by atoms with E-state index in [9.17, 15) is 0 Å². The summed E-state index contributed by atoms with van der Waals surface area (Å²) in [6.45, 7) is 13.2. The predicted octanol–water partition coefficient (Wildman–Crippen LogP) is 3.45. The van der Waals surface area contributed by atoms with Gasteiger partial charge in [0.2, 0.25) is 0 Å². The fraction of sp³-hybridized carbons (Fsp3) is 1.00. The second-order valence-corrected chi connectivity index (χ2v) is 5.21. The molecule has 0 bridgehead atoms. The molecule has 0 aliphatic carbocycles. The molecule has 2 nitrogen and oxygen atoms in total. The van der Waals surface area contributed by atoms with Crippen LogP contribution in [0.2, 0.25) is 0 Å². The third-order valence-corrected chi connectivity index (χ3v) is 3.79. The molecule has 0 radical (unpaired) electrons. The van der Waals surface area contributed by atoms with Gasteiger partial charge in [-0.25, -0.2) is 0 Å². The molecule has 0 N–H and O–H groups in total. The van der Waals surface area contributed by atoms with Crippen molar-refractivity contribution in [3.05, 3.63) is 0 Å². The summed E-state index contributed by atoms with van der Waals surface area (Å²) in [5.74, 6) is 1.80. The molecular weight excluding hydrogens is 188 g/mol. The molecule has 1 aliphatic rings. The summed E-state index contributed by atoms with van der Waals surface area (Å²) in [5.41, 5.74) is 0. The monoisotopic (exact) mass is 214 g/mol. The van der Waals surface area contributed by atoms with Gasteiger partial charge in [-0.3, -0.25) is 0 Å². The Hall–Kier alpha value is -0.0800. The van der Waals surface area contributed by atoms with Gasteiger partial charge >= 0.3 is 0 Å². The summed E-state index contributed by atoms with van der Waals surface area (Å²) in [6, 6.07) is 0. The first-order valence-corrected chi connectivity index (χ1v) is 6.28. The topological polar surface area (TPSA) is 18.5 Å². The van der Waals surface area contributed by atoms with Crippen LogP contribution in [0, 0.1) is 17.8 Å². The van der Waals surface area contributed by atoms with E-state index < -0.39 is 0 Å².